The van der Waals surface area contributed by atoms with Crippen molar-refractivity contribution in [3.05, 3.63) is 34.9 Å². The molecule has 0 aliphatic rings. The molecule has 1 N–H and O–H groups in total. The van der Waals surface area contributed by atoms with Gasteiger partial charge >= 0.3 is 0 Å². The Morgan fingerprint density at radius 1 is 1.12 bits per heavy atom. The lowest BCUT2D eigenvalue weighted by atomic mass is 10.1. The summed E-state index contributed by atoms with van der Waals surface area (Å²) in [6.45, 7) is 6.65. The summed E-state index contributed by atoms with van der Waals surface area (Å²) >= 11 is 0. The number of aryl methyl sites for hydroxylation is 2. The average Bonchev–Trinajstić information content (AvgIpc) is 2.24. The Kier molecular flexibility index (Phi) is 5.50. The van der Waals surface area contributed by atoms with Crippen LogP contribution >= 0.6 is 0 Å². The third-order valence-corrected chi connectivity index (χ3v) is 2.97. The van der Waals surface area contributed by atoms with E-state index in [0.29, 0.717) is 6.61 Å². The first-order chi connectivity index (χ1) is 7.63. The molecule has 2 nitrogen and oxygen atoms in total. The summed E-state index contributed by atoms with van der Waals surface area (Å²) in [6, 6.07) is 6.65. The van der Waals surface area contributed by atoms with Gasteiger partial charge in [0.2, 0.25) is 0 Å². The molecule has 0 amide bonds. The average molecular weight is 221 g/mol. The zero-order chi connectivity index (χ0) is 12.0. The Hall–Kier alpha value is -0.860. The van der Waals surface area contributed by atoms with E-state index in [4.69, 9.17) is 5.11 Å². The third-order valence-electron chi connectivity index (χ3n) is 2.97. The highest BCUT2D eigenvalue weighted by molar-refractivity contribution is 5.29. The van der Waals surface area contributed by atoms with Gasteiger partial charge in [0.25, 0.3) is 0 Å². The lowest BCUT2D eigenvalue weighted by molar-refractivity contribution is 0.261. The SMILES string of the molecule is Cc1ccc(CN(C)CCCCO)cc1C. The minimum atomic E-state index is 0.303. The molecule has 1 rings (SSSR count). The van der Waals surface area contributed by atoms with Crippen molar-refractivity contribution in [1.82, 2.24) is 4.90 Å². The maximum absolute atomic E-state index is 8.72. The number of hydrogen-bond donors (Lipinski definition) is 1. The molecule has 0 saturated heterocycles. The molecule has 0 atom stereocenters. The molecule has 0 bridgehead atoms. The summed E-state index contributed by atoms with van der Waals surface area (Å²) in [5.41, 5.74) is 4.09. The lowest BCUT2D eigenvalue weighted by Gasteiger charge is -2.17. The summed E-state index contributed by atoms with van der Waals surface area (Å²) < 4.78 is 0. The number of unbranched alkanes of at least 4 members (excludes halogenated alkanes) is 1. The van der Waals surface area contributed by atoms with E-state index in [1.807, 2.05) is 0 Å². The van der Waals surface area contributed by atoms with Gasteiger partial charge in [0.1, 0.15) is 0 Å². The second-order valence-electron chi connectivity index (χ2n) is 4.59. The predicted octanol–water partition coefficient (Wildman–Crippen LogP) is 2.51. The van der Waals surface area contributed by atoms with E-state index in [1.165, 1.54) is 16.7 Å². The number of rotatable bonds is 6. The van der Waals surface area contributed by atoms with Gasteiger partial charge in [0.15, 0.2) is 0 Å². The molecule has 0 fully saturated rings. The summed E-state index contributed by atoms with van der Waals surface area (Å²) in [6.07, 6.45) is 1.97. The fourth-order valence-electron chi connectivity index (χ4n) is 1.79. The maximum Gasteiger partial charge on any atom is 0.0431 e. The molecule has 90 valence electrons. The van der Waals surface area contributed by atoms with Crippen molar-refractivity contribution in [2.45, 2.75) is 33.2 Å². The van der Waals surface area contributed by atoms with Crippen LogP contribution in [0.5, 0.6) is 0 Å². The van der Waals surface area contributed by atoms with Crippen molar-refractivity contribution < 1.29 is 5.11 Å². The van der Waals surface area contributed by atoms with E-state index in [0.717, 1.165) is 25.9 Å². The number of nitrogens with zero attached hydrogens (tertiary/aromatic N) is 1. The zero-order valence-electron chi connectivity index (χ0n) is 10.7. The second kappa shape index (κ2) is 6.66. The number of aliphatic hydroxyl groups excluding tert-OH is 1. The first-order valence-corrected chi connectivity index (χ1v) is 5.99. The van der Waals surface area contributed by atoms with Crippen molar-refractivity contribution in [3.63, 3.8) is 0 Å². The van der Waals surface area contributed by atoms with Crippen LogP contribution in [-0.4, -0.2) is 30.2 Å². The Balaban J connectivity index is 2.43. The first-order valence-electron chi connectivity index (χ1n) is 5.99. The van der Waals surface area contributed by atoms with Crippen molar-refractivity contribution >= 4 is 0 Å². The third kappa shape index (κ3) is 4.33. The Morgan fingerprint density at radius 2 is 1.88 bits per heavy atom. The van der Waals surface area contributed by atoms with Gasteiger partial charge in [-0.05, 0) is 57.0 Å². The van der Waals surface area contributed by atoms with E-state index in [1.54, 1.807) is 0 Å². The summed E-state index contributed by atoms with van der Waals surface area (Å²) in [4.78, 5) is 2.31. The van der Waals surface area contributed by atoms with Gasteiger partial charge in [-0.3, -0.25) is 0 Å². The Bertz CT molecular complexity index is 323. The minimum Gasteiger partial charge on any atom is -0.396 e. The standard InChI is InChI=1S/C14H23NO/c1-12-6-7-14(10-13(12)2)11-15(3)8-4-5-9-16/h6-7,10,16H,4-5,8-9,11H2,1-3H3. The maximum atomic E-state index is 8.72. The normalized spacial score (nSPS) is 11.1. The number of benzene rings is 1. The van der Waals surface area contributed by atoms with Crippen molar-refractivity contribution in [3.8, 4) is 0 Å². The lowest BCUT2D eigenvalue weighted by Crippen LogP contribution is -2.19. The van der Waals surface area contributed by atoms with Gasteiger partial charge < -0.3 is 10.0 Å². The summed E-state index contributed by atoms with van der Waals surface area (Å²) in [7, 11) is 2.13. The van der Waals surface area contributed by atoms with Crippen LogP contribution in [0.15, 0.2) is 18.2 Å². The molecule has 0 unspecified atom stereocenters. The van der Waals surface area contributed by atoms with Crippen LogP contribution in [-0.2, 0) is 6.54 Å². The van der Waals surface area contributed by atoms with Gasteiger partial charge in [0.05, 0.1) is 0 Å². The molecule has 0 spiro atoms. The fraction of sp³-hybridized carbons (Fsp3) is 0.571. The quantitative estimate of drug-likeness (QED) is 0.746. The molecule has 0 aliphatic heterocycles. The van der Waals surface area contributed by atoms with Crippen LogP contribution in [0.2, 0.25) is 0 Å². The van der Waals surface area contributed by atoms with Crippen LogP contribution < -0.4 is 0 Å². The molecule has 1 aromatic rings. The van der Waals surface area contributed by atoms with E-state index < -0.39 is 0 Å². The molecule has 0 radical (unpaired) electrons. The molecule has 1 aromatic carbocycles. The summed E-state index contributed by atoms with van der Waals surface area (Å²) in [5.74, 6) is 0. The van der Waals surface area contributed by atoms with Crippen LogP contribution in [0.3, 0.4) is 0 Å². The second-order valence-corrected chi connectivity index (χ2v) is 4.59. The highest BCUT2D eigenvalue weighted by atomic mass is 16.2. The molecule has 0 aromatic heterocycles. The van der Waals surface area contributed by atoms with E-state index in [2.05, 4.69) is 44.0 Å². The van der Waals surface area contributed by atoms with E-state index in [9.17, 15) is 0 Å². The van der Waals surface area contributed by atoms with Crippen LogP contribution in [0.25, 0.3) is 0 Å². The van der Waals surface area contributed by atoms with Crippen LogP contribution in [0.1, 0.15) is 29.5 Å². The van der Waals surface area contributed by atoms with Crippen molar-refractivity contribution in [2.75, 3.05) is 20.2 Å². The van der Waals surface area contributed by atoms with Crippen molar-refractivity contribution in [2.24, 2.45) is 0 Å². The van der Waals surface area contributed by atoms with Crippen LogP contribution in [0.4, 0.5) is 0 Å². The molecule has 16 heavy (non-hydrogen) atoms. The fourth-order valence-corrected chi connectivity index (χ4v) is 1.79. The number of aliphatic hydroxyl groups is 1. The van der Waals surface area contributed by atoms with Crippen LogP contribution in [0, 0.1) is 13.8 Å². The first kappa shape index (κ1) is 13.2. The van der Waals surface area contributed by atoms with Gasteiger partial charge in [-0.1, -0.05) is 18.2 Å². The van der Waals surface area contributed by atoms with Gasteiger partial charge in [0, 0.05) is 13.2 Å². The Labute approximate surface area is 98.9 Å². The van der Waals surface area contributed by atoms with Crippen molar-refractivity contribution in [1.29, 1.82) is 0 Å². The largest absolute Gasteiger partial charge is 0.396 e. The highest BCUT2D eigenvalue weighted by Gasteiger charge is 2.01. The van der Waals surface area contributed by atoms with Gasteiger partial charge in [-0.15, -0.1) is 0 Å². The topological polar surface area (TPSA) is 23.5 Å². The highest BCUT2D eigenvalue weighted by Crippen LogP contribution is 2.11. The summed E-state index contributed by atoms with van der Waals surface area (Å²) in [5, 5.41) is 8.72. The van der Waals surface area contributed by atoms with E-state index >= 15 is 0 Å². The monoisotopic (exact) mass is 221 g/mol. The Morgan fingerprint density at radius 3 is 2.50 bits per heavy atom. The molecule has 2 heteroatoms. The zero-order valence-corrected chi connectivity index (χ0v) is 10.7. The van der Waals surface area contributed by atoms with Gasteiger partial charge in [-0.25, -0.2) is 0 Å². The predicted molar refractivity (Wildman–Crippen MR) is 68.6 cm³/mol. The molecular weight excluding hydrogens is 198 g/mol. The molecular formula is C14H23NO. The minimum absolute atomic E-state index is 0.303. The number of hydrogen-bond acceptors (Lipinski definition) is 2. The van der Waals surface area contributed by atoms with Gasteiger partial charge in [-0.2, -0.15) is 0 Å². The molecule has 0 heterocycles. The van der Waals surface area contributed by atoms with E-state index in [-0.39, 0.29) is 0 Å². The molecule has 0 aliphatic carbocycles. The molecule has 0 saturated carbocycles. The smallest absolute Gasteiger partial charge is 0.0431 e.